The number of amides is 2. The Balaban J connectivity index is 1.60. The number of nitrogens with zero attached hydrogens (tertiary/aromatic N) is 2. The van der Waals surface area contributed by atoms with Gasteiger partial charge in [-0.05, 0) is 54.7 Å². The van der Waals surface area contributed by atoms with E-state index in [0.29, 0.717) is 22.9 Å². The van der Waals surface area contributed by atoms with Crippen LogP contribution in [0.2, 0.25) is 0 Å². The standard InChI is InChI=1S/C33H36N4O2/c1-7-21(2)23-15-17-24(18-16-23)30-20-28(27-13-8-9-14-29(27)35-30)31(38)37-36-22(3)25-11-10-12-26(19-25)34-32(39)33(4,5)6/h8-21H,7H2,1-6H3,(H,34,39)(H,37,38). The summed E-state index contributed by atoms with van der Waals surface area (Å²) in [5.74, 6) is 0.0987. The predicted molar refractivity (Wildman–Crippen MR) is 160 cm³/mol. The summed E-state index contributed by atoms with van der Waals surface area (Å²) >= 11 is 0. The number of anilines is 1. The number of rotatable bonds is 7. The van der Waals surface area contributed by atoms with Gasteiger partial charge < -0.3 is 5.32 Å². The molecule has 0 radical (unpaired) electrons. The number of carbonyl (C=O) groups is 2. The minimum Gasteiger partial charge on any atom is -0.326 e. The number of hydrogen-bond donors (Lipinski definition) is 2. The molecule has 0 aliphatic rings. The first-order valence-corrected chi connectivity index (χ1v) is 13.3. The first-order chi connectivity index (χ1) is 18.6. The molecule has 4 aromatic rings. The Kier molecular flexibility index (Phi) is 8.24. The van der Waals surface area contributed by atoms with Crippen LogP contribution in [0.25, 0.3) is 22.2 Å². The summed E-state index contributed by atoms with van der Waals surface area (Å²) in [6, 6.07) is 25.2. The Morgan fingerprint density at radius 1 is 0.949 bits per heavy atom. The van der Waals surface area contributed by atoms with E-state index in [0.717, 1.165) is 34.1 Å². The van der Waals surface area contributed by atoms with Gasteiger partial charge in [0, 0.05) is 22.1 Å². The van der Waals surface area contributed by atoms with Gasteiger partial charge in [-0.25, -0.2) is 10.4 Å². The van der Waals surface area contributed by atoms with Crippen molar-refractivity contribution in [3.05, 3.63) is 95.6 Å². The average molecular weight is 521 g/mol. The van der Waals surface area contributed by atoms with Crippen molar-refractivity contribution in [2.24, 2.45) is 10.5 Å². The summed E-state index contributed by atoms with van der Waals surface area (Å²) in [6.07, 6.45) is 1.08. The predicted octanol–water partition coefficient (Wildman–Crippen LogP) is 7.55. The summed E-state index contributed by atoms with van der Waals surface area (Å²) in [4.78, 5) is 30.6. The maximum absolute atomic E-state index is 13.4. The third-order valence-electron chi connectivity index (χ3n) is 6.89. The van der Waals surface area contributed by atoms with Crippen LogP contribution in [0.5, 0.6) is 0 Å². The normalized spacial score (nSPS) is 12.7. The van der Waals surface area contributed by atoms with E-state index in [2.05, 4.69) is 54.0 Å². The summed E-state index contributed by atoms with van der Waals surface area (Å²) < 4.78 is 0. The monoisotopic (exact) mass is 520 g/mol. The second kappa shape index (κ2) is 11.6. The summed E-state index contributed by atoms with van der Waals surface area (Å²) in [5.41, 5.74) is 8.53. The number of fused-ring (bicyclic) bond motifs is 1. The first-order valence-electron chi connectivity index (χ1n) is 13.3. The molecule has 0 spiro atoms. The number of benzene rings is 3. The number of hydrogen-bond acceptors (Lipinski definition) is 4. The lowest BCUT2D eigenvalue weighted by Crippen LogP contribution is -2.27. The average Bonchev–Trinajstić information content (AvgIpc) is 2.94. The molecule has 1 unspecified atom stereocenters. The molecule has 0 bridgehead atoms. The number of carbonyl (C=O) groups excluding carboxylic acids is 2. The lowest BCUT2D eigenvalue weighted by atomic mass is 9.95. The topological polar surface area (TPSA) is 83.5 Å². The molecule has 1 aromatic heterocycles. The molecule has 6 nitrogen and oxygen atoms in total. The van der Waals surface area contributed by atoms with Gasteiger partial charge >= 0.3 is 0 Å². The molecule has 39 heavy (non-hydrogen) atoms. The Labute approximate surface area is 230 Å². The summed E-state index contributed by atoms with van der Waals surface area (Å²) in [7, 11) is 0. The molecule has 0 aliphatic carbocycles. The zero-order valence-electron chi connectivity index (χ0n) is 23.5. The highest BCUT2D eigenvalue weighted by molar-refractivity contribution is 6.08. The quantitative estimate of drug-likeness (QED) is 0.195. The van der Waals surface area contributed by atoms with E-state index >= 15 is 0 Å². The van der Waals surface area contributed by atoms with Gasteiger partial charge in [0.2, 0.25) is 5.91 Å². The Bertz CT molecular complexity index is 1530. The van der Waals surface area contributed by atoms with Crippen LogP contribution in [0, 0.1) is 5.41 Å². The second-order valence-corrected chi connectivity index (χ2v) is 10.9. The molecular weight excluding hydrogens is 484 g/mol. The first kappa shape index (κ1) is 27.7. The van der Waals surface area contributed by atoms with Gasteiger partial charge in [0.05, 0.1) is 22.5 Å². The van der Waals surface area contributed by atoms with E-state index in [1.165, 1.54) is 5.56 Å². The molecule has 1 atom stereocenters. The van der Waals surface area contributed by atoms with Crippen molar-refractivity contribution in [2.45, 2.75) is 53.9 Å². The van der Waals surface area contributed by atoms with Crippen LogP contribution in [-0.4, -0.2) is 22.5 Å². The molecule has 6 heteroatoms. The lowest BCUT2D eigenvalue weighted by molar-refractivity contribution is -0.123. The van der Waals surface area contributed by atoms with Gasteiger partial charge in [-0.3, -0.25) is 9.59 Å². The molecular formula is C33H36N4O2. The molecule has 0 saturated heterocycles. The second-order valence-electron chi connectivity index (χ2n) is 10.9. The highest BCUT2D eigenvalue weighted by Gasteiger charge is 2.21. The van der Waals surface area contributed by atoms with E-state index in [4.69, 9.17) is 4.98 Å². The third-order valence-corrected chi connectivity index (χ3v) is 6.89. The van der Waals surface area contributed by atoms with Gasteiger partial charge in [-0.2, -0.15) is 5.10 Å². The van der Waals surface area contributed by atoms with Crippen molar-refractivity contribution in [3.63, 3.8) is 0 Å². The molecule has 1 heterocycles. The third kappa shape index (κ3) is 6.58. The molecule has 0 saturated carbocycles. The Hall–Kier alpha value is -4.32. The van der Waals surface area contributed by atoms with Crippen LogP contribution < -0.4 is 10.7 Å². The molecule has 2 N–H and O–H groups in total. The fourth-order valence-corrected chi connectivity index (χ4v) is 4.13. The van der Waals surface area contributed by atoms with E-state index in [9.17, 15) is 9.59 Å². The smallest absolute Gasteiger partial charge is 0.272 e. The zero-order chi connectivity index (χ0) is 28.2. The van der Waals surface area contributed by atoms with Crippen molar-refractivity contribution in [3.8, 4) is 11.3 Å². The maximum atomic E-state index is 13.4. The van der Waals surface area contributed by atoms with Gasteiger partial charge in [-0.15, -0.1) is 0 Å². The van der Waals surface area contributed by atoms with E-state index in [1.54, 1.807) is 0 Å². The zero-order valence-corrected chi connectivity index (χ0v) is 23.5. The number of pyridine rings is 1. The van der Waals surface area contributed by atoms with E-state index in [-0.39, 0.29) is 11.8 Å². The molecule has 0 aliphatic heterocycles. The van der Waals surface area contributed by atoms with Crippen LogP contribution >= 0.6 is 0 Å². The van der Waals surface area contributed by atoms with Crippen molar-refractivity contribution in [1.82, 2.24) is 10.4 Å². The molecule has 0 fully saturated rings. The van der Waals surface area contributed by atoms with Crippen LogP contribution in [-0.2, 0) is 4.79 Å². The van der Waals surface area contributed by atoms with E-state index < -0.39 is 5.41 Å². The largest absolute Gasteiger partial charge is 0.326 e. The SMILES string of the molecule is CCC(C)c1ccc(-c2cc(C(=O)NN=C(C)c3cccc(NC(=O)C(C)(C)C)c3)c3ccccc3n2)cc1. The number of aromatic nitrogens is 1. The molecule has 2 amide bonds. The highest BCUT2D eigenvalue weighted by atomic mass is 16.2. The number of hydrazone groups is 1. The van der Waals surface area contributed by atoms with Crippen molar-refractivity contribution < 1.29 is 9.59 Å². The van der Waals surface area contributed by atoms with Gasteiger partial charge in [-0.1, -0.05) is 89.2 Å². The fraction of sp³-hybridized carbons (Fsp3) is 0.273. The number of para-hydroxylation sites is 1. The van der Waals surface area contributed by atoms with Crippen molar-refractivity contribution >= 4 is 34.1 Å². The van der Waals surface area contributed by atoms with Crippen LogP contribution in [0.4, 0.5) is 5.69 Å². The molecule has 200 valence electrons. The van der Waals surface area contributed by atoms with Crippen LogP contribution in [0.1, 0.15) is 75.4 Å². The van der Waals surface area contributed by atoms with Crippen molar-refractivity contribution in [2.75, 3.05) is 5.32 Å². The minimum absolute atomic E-state index is 0.0718. The summed E-state index contributed by atoms with van der Waals surface area (Å²) in [6.45, 7) is 11.8. The molecule has 3 aromatic carbocycles. The minimum atomic E-state index is -0.505. The van der Waals surface area contributed by atoms with Crippen LogP contribution in [0.3, 0.4) is 0 Å². The van der Waals surface area contributed by atoms with Gasteiger partial charge in [0.1, 0.15) is 0 Å². The highest BCUT2D eigenvalue weighted by Crippen LogP contribution is 2.27. The van der Waals surface area contributed by atoms with Gasteiger partial charge in [0.15, 0.2) is 0 Å². The Morgan fingerprint density at radius 2 is 1.67 bits per heavy atom. The van der Waals surface area contributed by atoms with Gasteiger partial charge in [0.25, 0.3) is 5.91 Å². The lowest BCUT2D eigenvalue weighted by Gasteiger charge is -2.18. The summed E-state index contributed by atoms with van der Waals surface area (Å²) in [5, 5.41) is 8.07. The van der Waals surface area contributed by atoms with Crippen LogP contribution in [0.15, 0.2) is 84.0 Å². The van der Waals surface area contributed by atoms with Crippen molar-refractivity contribution in [1.29, 1.82) is 0 Å². The maximum Gasteiger partial charge on any atom is 0.272 e. The fourth-order valence-electron chi connectivity index (χ4n) is 4.13. The molecule has 4 rings (SSSR count). The number of nitrogens with one attached hydrogen (secondary N) is 2. The Morgan fingerprint density at radius 3 is 2.36 bits per heavy atom. The van der Waals surface area contributed by atoms with E-state index in [1.807, 2.05) is 82.3 Å².